The third-order valence-corrected chi connectivity index (χ3v) is 3.34. The van der Waals surface area contributed by atoms with E-state index in [0.717, 1.165) is 0 Å². The predicted molar refractivity (Wildman–Crippen MR) is 95.5 cm³/mol. The lowest BCUT2D eigenvalue weighted by Crippen LogP contribution is -2.47. The summed E-state index contributed by atoms with van der Waals surface area (Å²) in [5.74, 6) is -1.82. The lowest BCUT2D eigenvalue weighted by atomic mass is 10.1. The van der Waals surface area contributed by atoms with Crippen molar-refractivity contribution in [1.29, 1.82) is 0 Å². The maximum absolute atomic E-state index is 12.6. The average Bonchev–Trinajstić information content (AvgIpc) is 2.58. The first kappa shape index (κ1) is 21.3. The Hall–Kier alpha value is -2.70. The van der Waals surface area contributed by atoms with E-state index in [2.05, 4.69) is 0 Å². The quantitative estimate of drug-likeness (QED) is 0.520. The van der Waals surface area contributed by atoms with Gasteiger partial charge in [0.05, 0.1) is 13.5 Å². The van der Waals surface area contributed by atoms with Crippen LogP contribution in [0.4, 0.5) is 5.69 Å². The number of hydrogen-bond acceptors (Lipinski definition) is 6. The van der Waals surface area contributed by atoms with Gasteiger partial charge in [0.25, 0.3) is 0 Å². The minimum absolute atomic E-state index is 0.0164. The molecule has 0 bridgehead atoms. The van der Waals surface area contributed by atoms with Crippen molar-refractivity contribution in [3.63, 3.8) is 0 Å². The largest absolute Gasteiger partial charge is 0.467 e. The number of para-hydroxylation sites is 1. The van der Waals surface area contributed by atoms with Gasteiger partial charge < -0.3 is 14.3 Å². The van der Waals surface area contributed by atoms with Crippen LogP contribution in [0.15, 0.2) is 30.3 Å². The Bertz CT molecular complexity index is 635. The molecular weight excluding hydrogens is 338 g/mol. The van der Waals surface area contributed by atoms with Crippen LogP contribution in [0.5, 0.6) is 0 Å². The Morgan fingerprint density at radius 2 is 1.77 bits per heavy atom. The van der Waals surface area contributed by atoms with E-state index >= 15 is 0 Å². The van der Waals surface area contributed by atoms with Crippen LogP contribution in [0.3, 0.4) is 0 Å². The molecule has 0 N–H and O–H groups in total. The maximum atomic E-state index is 12.6. The molecule has 0 radical (unpaired) electrons. The normalized spacial score (nSPS) is 12.0. The van der Waals surface area contributed by atoms with E-state index in [0.29, 0.717) is 12.0 Å². The van der Waals surface area contributed by atoms with Gasteiger partial charge in [-0.25, -0.2) is 4.79 Å². The number of aldehydes is 1. The summed E-state index contributed by atoms with van der Waals surface area (Å²) < 4.78 is 10.1. The van der Waals surface area contributed by atoms with Crippen molar-refractivity contribution in [1.82, 2.24) is 0 Å². The highest BCUT2D eigenvalue weighted by Crippen LogP contribution is 2.22. The summed E-state index contributed by atoms with van der Waals surface area (Å²) in [7, 11) is 1.18. The third-order valence-electron chi connectivity index (χ3n) is 3.34. The molecule has 1 aromatic carbocycles. The number of rotatable bonds is 8. The zero-order chi connectivity index (χ0) is 19.7. The molecule has 1 amide bonds. The molecule has 1 rings (SSSR count). The fraction of sp³-hybridized carbons (Fsp3) is 0.474. The molecule has 0 aliphatic heterocycles. The Morgan fingerprint density at radius 3 is 2.27 bits per heavy atom. The number of methoxy groups -OCH3 is 1. The van der Waals surface area contributed by atoms with Crippen molar-refractivity contribution in [2.24, 2.45) is 0 Å². The highest BCUT2D eigenvalue weighted by molar-refractivity contribution is 6.01. The SMILES string of the molecule is COC(=O)C(CC(=O)OC(C)(C)C)N(C(=O)CCC=O)c1ccccc1. The Balaban J connectivity index is 3.20. The smallest absolute Gasteiger partial charge is 0.329 e. The summed E-state index contributed by atoms with van der Waals surface area (Å²) in [6.45, 7) is 5.13. The van der Waals surface area contributed by atoms with E-state index < -0.39 is 29.5 Å². The molecule has 1 atom stereocenters. The number of esters is 2. The van der Waals surface area contributed by atoms with Gasteiger partial charge in [-0.2, -0.15) is 0 Å². The van der Waals surface area contributed by atoms with E-state index in [1.807, 2.05) is 0 Å². The van der Waals surface area contributed by atoms with Crippen molar-refractivity contribution in [3.8, 4) is 0 Å². The van der Waals surface area contributed by atoms with Gasteiger partial charge in [0.2, 0.25) is 5.91 Å². The van der Waals surface area contributed by atoms with Crippen molar-refractivity contribution in [2.75, 3.05) is 12.0 Å². The number of carbonyl (C=O) groups is 4. The highest BCUT2D eigenvalue weighted by Gasteiger charge is 2.35. The first-order chi connectivity index (χ1) is 12.2. The second-order valence-electron chi connectivity index (χ2n) is 6.63. The first-order valence-corrected chi connectivity index (χ1v) is 8.30. The van der Waals surface area contributed by atoms with E-state index in [1.165, 1.54) is 12.0 Å². The molecule has 1 unspecified atom stereocenters. The zero-order valence-electron chi connectivity index (χ0n) is 15.6. The van der Waals surface area contributed by atoms with Crippen LogP contribution in [0.25, 0.3) is 0 Å². The number of hydrogen-bond donors (Lipinski definition) is 0. The second-order valence-corrected chi connectivity index (χ2v) is 6.63. The summed E-state index contributed by atoms with van der Waals surface area (Å²) in [6, 6.07) is 7.28. The summed E-state index contributed by atoms with van der Waals surface area (Å²) >= 11 is 0. The minimum Gasteiger partial charge on any atom is -0.467 e. The van der Waals surface area contributed by atoms with Crippen LogP contribution < -0.4 is 4.90 Å². The minimum atomic E-state index is -1.18. The molecular formula is C19H25NO6. The number of ether oxygens (including phenoxy) is 2. The lowest BCUT2D eigenvalue weighted by Gasteiger charge is -2.30. The summed E-state index contributed by atoms with van der Waals surface area (Å²) in [6.07, 6.45) is 0.205. The fourth-order valence-electron chi connectivity index (χ4n) is 2.35. The molecule has 1 aromatic rings. The molecule has 142 valence electrons. The molecule has 7 heteroatoms. The number of benzene rings is 1. The molecule has 0 aliphatic rings. The van der Waals surface area contributed by atoms with E-state index in [9.17, 15) is 19.2 Å². The number of amides is 1. The molecule has 7 nitrogen and oxygen atoms in total. The van der Waals surface area contributed by atoms with Crippen LogP contribution in [0.2, 0.25) is 0 Å². The summed E-state index contributed by atoms with van der Waals surface area (Å²) in [5.41, 5.74) is -0.293. The number of anilines is 1. The van der Waals surface area contributed by atoms with Crippen molar-refractivity contribution < 1.29 is 28.7 Å². The van der Waals surface area contributed by atoms with Crippen LogP contribution >= 0.6 is 0 Å². The molecule has 0 spiro atoms. The van der Waals surface area contributed by atoms with Crippen LogP contribution in [-0.4, -0.2) is 42.9 Å². The van der Waals surface area contributed by atoms with Crippen LogP contribution in [0.1, 0.15) is 40.0 Å². The van der Waals surface area contributed by atoms with Gasteiger partial charge in [-0.1, -0.05) is 18.2 Å². The van der Waals surface area contributed by atoms with Gasteiger partial charge in [-0.05, 0) is 32.9 Å². The van der Waals surface area contributed by atoms with Gasteiger partial charge >= 0.3 is 11.9 Å². The van der Waals surface area contributed by atoms with Gasteiger partial charge in [-0.15, -0.1) is 0 Å². The predicted octanol–water partition coefficient (Wildman–Crippen LogP) is 2.27. The topological polar surface area (TPSA) is 90.0 Å². The number of carbonyl (C=O) groups excluding carboxylic acids is 4. The Kier molecular flexibility index (Phi) is 7.96. The molecule has 0 aliphatic carbocycles. The molecule has 0 aromatic heterocycles. The molecule has 0 saturated heterocycles. The van der Waals surface area contributed by atoms with E-state index in [1.54, 1.807) is 51.1 Å². The maximum Gasteiger partial charge on any atom is 0.329 e. The Morgan fingerprint density at radius 1 is 1.15 bits per heavy atom. The van der Waals surface area contributed by atoms with Gasteiger partial charge in [-0.3, -0.25) is 14.5 Å². The Labute approximate surface area is 153 Å². The van der Waals surface area contributed by atoms with Crippen molar-refractivity contribution >= 4 is 29.8 Å². The monoisotopic (exact) mass is 363 g/mol. The molecule has 26 heavy (non-hydrogen) atoms. The van der Waals surface area contributed by atoms with Crippen LogP contribution in [-0.2, 0) is 28.7 Å². The number of nitrogens with zero attached hydrogens (tertiary/aromatic N) is 1. The van der Waals surface area contributed by atoms with Gasteiger partial charge in [0.1, 0.15) is 17.9 Å². The van der Waals surface area contributed by atoms with E-state index in [4.69, 9.17) is 9.47 Å². The van der Waals surface area contributed by atoms with Crippen molar-refractivity contribution in [2.45, 2.75) is 51.7 Å². The standard InChI is InChI=1S/C19H25NO6/c1-19(2,3)26-17(23)13-15(18(24)25-4)20(16(22)11-8-12-21)14-9-6-5-7-10-14/h5-7,9-10,12,15H,8,11,13H2,1-4H3. The molecule has 0 heterocycles. The van der Waals surface area contributed by atoms with E-state index in [-0.39, 0.29) is 19.3 Å². The average molecular weight is 363 g/mol. The van der Waals surface area contributed by atoms with Gasteiger partial charge in [0.15, 0.2) is 0 Å². The fourth-order valence-corrected chi connectivity index (χ4v) is 2.35. The zero-order valence-corrected chi connectivity index (χ0v) is 15.6. The third kappa shape index (κ3) is 6.66. The second kappa shape index (κ2) is 9.70. The van der Waals surface area contributed by atoms with Gasteiger partial charge in [0, 0.05) is 18.5 Å². The first-order valence-electron chi connectivity index (χ1n) is 8.30. The lowest BCUT2D eigenvalue weighted by molar-refractivity contribution is -0.158. The molecule has 0 fully saturated rings. The summed E-state index contributed by atoms with van der Waals surface area (Å²) in [5, 5.41) is 0. The van der Waals surface area contributed by atoms with Crippen LogP contribution in [0, 0.1) is 0 Å². The highest BCUT2D eigenvalue weighted by atomic mass is 16.6. The molecule has 0 saturated carbocycles. The summed E-state index contributed by atoms with van der Waals surface area (Å²) in [4.78, 5) is 49.0. The van der Waals surface area contributed by atoms with Crippen molar-refractivity contribution in [3.05, 3.63) is 30.3 Å².